The summed E-state index contributed by atoms with van der Waals surface area (Å²) < 4.78 is 93.0. The smallest absolute Gasteiger partial charge is 0.310 e. The van der Waals surface area contributed by atoms with E-state index in [0.717, 1.165) is 0 Å². The van der Waals surface area contributed by atoms with Gasteiger partial charge < -0.3 is 4.98 Å². The molecule has 0 saturated heterocycles. The molecule has 0 aliphatic carbocycles. The molecule has 0 amide bonds. The Morgan fingerprint density at radius 2 is 1.71 bits per heavy atom. The average Bonchev–Trinajstić information content (AvgIpc) is 2.92. The summed E-state index contributed by atoms with van der Waals surface area (Å²) in [6, 6.07) is -0.248. The number of benzene rings is 1. The molecule has 150 valence electrons. The van der Waals surface area contributed by atoms with E-state index in [9.17, 15) is 35.5 Å². The van der Waals surface area contributed by atoms with Crippen molar-refractivity contribution in [2.45, 2.75) is 32.0 Å². The minimum absolute atomic E-state index is 0.0302. The standard InChI is InChI=1S/C16H11F7N4O/c1-7-24-13-11(14(28)25-7)10(6-17)26-27(13)12(16(21,22)23)8-2-4-9(5-3-8)15(18,19)20/h2-5,12H,6H2,1H3,(H,24,25,28). The molecule has 1 atom stereocenters. The van der Waals surface area contributed by atoms with Crippen molar-refractivity contribution in [1.82, 2.24) is 19.7 Å². The third-order valence-corrected chi connectivity index (χ3v) is 3.99. The first-order chi connectivity index (χ1) is 12.9. The van der Waals surface area contributed by atoms with Crippen molar-refractivity contribution in [2.24, 2.45) is 0 Å². The van der Waals surface area contributed by atoms with Crippen LogP contribution in [0.3, 0.4) is 0 Å². The minimum atomic E-state index is -5.01. The van der Waals surface area contributed by atoms with Crippen LogP contribution < -0.4 is 5.56 Å². The number of nitrogens with zero attached hydrogens (tertiary/aromatic N) is 3. The van der Waals surface area contributed by atoms with Gasteiger partial charge >= 0.3 is 12.4 Å². The molecule has 0 aliphatic rings. The number of halogens is 7. The zero-order valence-corrected chi connectivity index (χ0v) is 14.0. The summed E-state index contributed by atoms with van der Waals surface area (Å²) in [4.78, 5) is 18.1. The molecule has 0 spiro atoms. The molecule has 0 fully saturated rings. The first kappa shape index (κ1) is 19.8. The van der Waals surface area contributed by atoms with Gasteiger partial charge in [0.25, 0.3) is 5.56 Å². The molecule has 1 unspecified atom stereocenters. The molecular weight excluding hydrogens is 397 g/mol. The number of hydrogen-bond acceptors (Lipinski definition) is 3. The molecule has 0 radical (unpaired) electrons. The van der Waals surface area contributed by atoms with Crippen LogP contribution in [0.4, 0.5) is 30.7 Å². The number of alkyl halides is 7. The van der Waals surface area contributed by atoms with Crippen molar-refractivity contribution in [1.29, 1.82) is 0 Å². The Kier molecular flexibility index (Phi) is 4.68. The van der Waals surface area contributed by atoms with Gasteiger partial charge in [-0.05, 0) is 24.6 Å². The number of aromatic nitrogens is 4. The Hall–Kier alpha value is -2.92. The van der Waals surface area contributed by atoms with Crippen molar-refractivity contribution in [3.63, 3.8) is 0 Å². The summed E-state index contributed by atoms with van der Waals surface area (Å²) in [6.45, 7) is -0.0110. The van der Waals surface area contributed by atoms with Gasteiger partial charge in [0.2, 0.25) is 0 Å². The second-order valence-corrected chi connectivity index (χ2v) is 5.94. The van der Waals surface area contributed by atoms with Gasteiger partial charge in [-0.25, -0.2) is 14.1 Å². The zero-order valence-electron chi connectivity index (χ0n) is 14.0. The molecule has 2 aromatic heterocycles. The summed E-state index contributed by atoms with van der Waals surface area (Å²) in [7, 11) is 0. The topological polar surface area (TPSA) is 63.6 Å². The molecule has 28 heavy (non-hydrogen) atoms. The molecule has 2 heterocycles. The highest BCUT2D eigenvalue weighted by Crippen LogP contribution is 2.39. The molecule has 0 aliphatic heterocycles. The molecule has 1 aromatic carbocycles. The van der Waals surface area contributed by atoms with Crippen LogP contribution >= 0.6 is 0 Å². The van der Waals surface area contributed by atoms with Crippen molar-refractivity contribution in [3.05, 3.63) is 57.3 Å². The minimum Gasteiger partial charge on any atom is -0.310 e. The van der Waals surface area contributed by atoms with E-state index in [1.807, 2.05) is 0 Å². The molecule has 0 saturated carbocycles. The Morgan fingerprint density at radius 1 is 1.11 bits per heavy atom. The van der Waals surface area contributed by atoms with Gasteiger partial charge in [0.15, 0.2) is 11.7 Å². The number of hydrogen-bond donors (Lipinski definition) is 1. The van der Waals surface area contributed by atoms with Crippen LogP contribution in [0.2, 0.25) is 0 Å². The van der Waals surface area contributed by atoms with Crippen molar-refractivity contribution >= 4 is 11.0 Å². The third-order valence-electron chi connectivity index (χ3n) is 3.99. The fourth-order valence-electron chi connectivity index (χ4n) is 2.82. The number of H-pyrrole nitrogens is 1. The predicted molar refractivity (Wildman–Crippen MR) is 83.3 cm³/mol. The van der Waals surface area contributed by atoms with E-state index >= 15 is 0 Å². The summed E-state index contributed by atoms with van der Waals surface area (Å²) in [5, 5.41) is 3.09. The molecule has 3 aromatic rings. The first-order valence-electron chi connectivity index (χ1n) is 7.71. The van der Waals surface area contributed by atoms with Crippen LogP contribution in [0.1, 0.15) is 28.7 Å². The second kappa shape index (κ2) is 6.60. The van der Waals surface area contributed by atoms with Crippen LogP contribution in [0.5, 0.6) is 0 Å². The highest BCUT2D eigenvalue weighted by atomic mass is 19.4. The van der Waals surface area contributed by atoms with E-state index in [1.54, 1.807) is 0 Å². The quantitative estimate of drug-likeness (QED) is 0.665. The Bertz CT molecular complexity index is 1060. The van der Waals surface area contributed by atoms with Gasteiger partial charge in [-0.1, -0.05) is 12.1 Å². The average molecular weight is 408 g/mol. The number of aryl methyl sites for hydroxylation is 1. The van der Waals surface area contributed by atoms with Crippen LogP contribution in [0.15, 0.2) is 29.1 Å². The summed E-state index contributed by atoms with van der Waals surface area (Å²) in [5.74, 6) is -0.0302. The number of rotatable bonds is 3. The maximum Gasteiger partial charge on any atom is 0.416 e. The summed E-state index contributed by atoms with van der Waals surface area (Å²) in [5.41, 5.74) is -3.64. The van der Waals surface area contributed by atoms with Gasteiger partial charge in [-0.2, -0.15) is 31.4 Å². The lowest BCUT2D eigenvalue weighted by Gasteiger charge is -2.22. The molecule has 3 rings (SSSR count). The van der Waals surface area contributed by atoms with Gasteiger partial charge in [0.1, 0.15) is 23.6 Å². The highest BCUT2D eigenvalue weighted by molar-refractivity contribution is 5.77. The van der Waals surface area contributed by atoms with E-state index in [2.05, 4.69) is 15.1 Å². The zero-order chi connectivity index (χ0) is 20.9. The number of aromatic amines is 1. The maximum atomic E-state index is 13.8. The fourth-order valence-corrected chi connectivity index (χ4v) is 2.82. The van der Waals surface area contributed by atoms with Crippen LogP contribution in [0, 0.1) is 6.92 Å². The maximum absolute atomic E-state index is 13.8. The second-order valence-electron chi connectivity index (χ2n) is 5.94. The molecule has 12 heteroatoms. The van der Waals surface area contributed by atoms with E-state index < -0.39 is 58.5 Å². The van der Waals surface area contributed by atoms with E-state index in [0.29, 0.717) is 28.9 Å². The first-order valence-corrected chi connectivity index (χ1v) is 7.71. The van der Waals surface area contributed by atoms with Gasteiger partial charge in [0.05, 0.1) is 5.56 Å². The highest BCUT2D eigenvalue weighted by Gasteiger charge is 2.45. The van der Waals surface area contributed by atoms with E-state index in [1.165, 1.54) is 6.92 Å². The van der Waals surface area contributed by atoms with Crippen molar-refractivity contribution in [3.8, 4) is 0 Å². The number of nitrogens with one attached hydrogen (secondary N) is 1. The summed E-state index contributed by atoms with van der Waals surface area (Å²) in [6.07, 6.45) is -9.73. The fraction of sp³-hybridized carbons (Fsp3) is 0.312. The van der Waals surface area contributed by atoms with Crippen LogP contribution in [-0.2, 0) is 12.9 Å². The Balaban J connectivity index is 2.26. The third kappa shape index (κ3) is 3.45. The largest absolute Gasteiger partial charge is 0.416 e. The van der Waals surface area contributed by atoms with Gasteiger partial charge in [-0.3, -0.25) is 4.79 Å². The Labute approximate surface area is 151 Å². The summed E-state index contributed by atoms with van der Waals surface area (Å²) >= 11 is 0. The van der Waals surface area contributed by atoms with Crippen molar-refractivity contribution in [2.75, 3.05) is 0 Å². The molecule has 1 N–H and O–H groups in total. The predicted octanol–water partition coefficient (Wildman–Crippen LogP) is 4.07. The normalized spacial score (nSPS) is 13.9. The van der Waals surface area contributed by atoms with Crippen LogP contribution in [-0.4, -0.2) is 25.9 Å². The van der Waals surface area contributed by atoms with E-state index in [4.69, 9.17) is 0 Å². The molecule has 0 bridgehead atoms. The number of fused-ring (bicyclic) bond motifs is 1. The van der Waals surface area contributed by atoms with Gasteiger partial charge in [0, 0.05) is 0 Å². The SMILES string of the molecule is Cc1nc2c(c(CF)nn2C(c2ccc(C(F)(F)F)cc2)C(F)(F)F)c(=O)[nH]1. The lowest BCUT2D eigenvalue weighted by atomic mass is 10.0. The lowest BCUT2D eigenvalue weighted by Crippen LogP contribution is -2.29. The van der Waals surface area contributed by atoms with Crippen LogP contribution in [0.25, 0.3) is 11.0 Å². The monoisotopic (exact) mass is 408 g/mol. The van der Waals surface area contributed by atoms with Gasteiger partial charge in [-0.15, -0.1) is 0 Å². The van der Waals surface area contributed by atoms with Crippen molar-refractivity contribution < 1.29 is 30.7 Å². The molecular formula is C16H11F7N4O. The Morgan fingerprint density at radius 3 is 2.21 bits per heavy atom. The van der Waals surface area contributed by atoms with E-state index in [-0.39, 0.29) is 5.82 Å². The molecule has 5 nitrogen and oxygen atoms in total. The lowest BCUT2D eigenvalue weighted by molar-refractivity contribution is -0.158.